The molecule has 2 aromatic heterocycles. The molecule has 3 heterocycles. The first-order valence-corrected chi connectivity index (χ1v) is 11.5. The summed E-state index contributed by atoms with van der Waals surface area (Å²) in [4.78, 5) is 32.0. The van der Waals surface area contributed by atoms with Crippen LogP contribution in [0.4, 0.5) is 5.13 Å². The number of aromatic nitrogens is 3. The third kappa shape index (κ3) is 5.24. The lowest BCUT2D eigenvalue weighted by atomic mass is 10.2. The first-order chi connectivity index (χ1) is 15.3. The van der Waals surface area contributed by atoms with Gasteiger partial charge >= 0.3 is 0 Å². The van der Waals surface area contributed by atoms with E-state index in [0.29, 0.717) is 28.1 Å². The highest BCUT2D eigenvalue weighted by Gasteiger charge is 2.23. The zero-order valence-corrected chi connectivity index (χ0v) is 19.6. The maximum absolute atomic E-state index is 12.8. The number of amides is 1. The number of benzene rings is 1. The molecule has 1 amide bonds. The summed E-state index contributed by atoms with van der Waals surface area (Å²) < 4.78 is 7.31. The van der Waals surface area contributed by atoms with Gasteiger partial charge in [-0.3, -0.25) is 19.8 Å². The van der Waals surface area contributed by atoms with Gasteiger partial charge < -0.3 is 4.74 Å². The van der Waals surface area contributed by atoms with Crippen LogP contribution >= 0.6 is 22.9 Å². The lowest BCUT2D eigenvalue weighted by Crippen LogP contribution is -2.44. The number of hydrogen-bond acceptors (Lipinski definition) is 7. The molecule has 1 fully saturated rings. The summed E-state index contributed by atoms with van der Waals surface area (Å²) in [6, 6.07) is 8.39. The Hall–Kier alpha value is -2.59. The van der Waals surface area contributed by atoms with E-state index in [1.165, 1.54) is 17.4 Å². The van der Waals surface area contributed by atoms with Crippen LogP contribution in [0.3, 0.4) is 0 Å². The molecule has 10 heteroatoms. The van der Waals surface area contributed by atoms with E-state index in [1.54, 1.807) is 35.9 Å². The monoisotopic (exact) mass is 473 g/mol. The number of nitrogens with one attached hydrogen (secondary N) is 1. The Labute approximate surface area is 194 Å². The van der Waals surface area contributed by atoms with Crippen LogP contribution in [0.5, 0.6) is 0 Å². The van der Waals surface area contributed by atoms with E-state index < -0.39 is 11.3 Å². The van der Waals surface area contributed by atoms with Gasteiger partial charge in [-0.25, -0.2) is 9.67 Å². The highest BCUT2D eigenvalue weighted by atomic mass is 35.5. The number of rotatable bonds is 5. The van der Waals surface area contributed by atoms with Gasteiger partial charge in [-0.2, -0.15) is 5.10 Å². The number of anilines is 1. The Morgan fingerprint density at radius 1 is 1.25 bits per heavy atom. The van der Waals surface area contributed by atoms with E-state index in [-0.39, 0.29) is 17.9 Å². The van der Waals surface area contributed by atoms with Crippen LogP contribution in [-0.2, 0) is 11.3 Å². The second-order valence-corrected chi connectivity index (χ2v) is 9.23. The normalized spacial score (nSPS) is 19.1. The Balaban J connectivity index is 1.49. The predicted octanol–water partition coefficient (Wildman–Crippen LogP) is 3.51. The Bertz CT molecular complexity index is 1170. The lowest BCUT2D eigenvalue weighted by molar-refractivity contribution is -0.0707. The smallest absolute Gasteiger partial charge is 0.281 e. The molecule has 168 valence electrons. The molecule has 2 atom stereocenters. The molecule has 1 aliphatic rings. The summed E-state index contributed by atoms with van der Waals surface area (Å²) in [6.07, 6.45) is 0.346. The molecule has 32 heavy (non-hydrogen) atoms. The molecular formula is C22H24ClN5O3S. The van der Waals surface area contributed by atoms with Crippen molar-refractivity contribution in [1.29, 1.82) is 0 Å². The highest BCUT2D eigenvalue weighted by molar-refractivity contribution is 7.13. The second kappa shape index (κ2) is 9.50. The number of morpholine rings is 1. The average molecular weight is 474 g/mol. The summed E-state index contributed by atoms with van der Waals surface area (Å²) in [5.74, 6) is -0.591. The van der Waals surface area contributed by atoms with Crippen LogP contribution in [0, 0.1) is 6.92 Å². The number of halogens is 1. The Morgan fingerprint density at radius 3 is 2.62 bits per heavy atom. The topological polar surface area (TPSA) is 89.3 Å². The summed E-state index contributed by atoms with van der Waals surface area (Å²) in [6.45, 7) is 8.21. The minimum absolute atomic E-state index is 0.173. The second-order valence-electron chi connectivity index (χ2n) is 7.94. The SMILES string of the molecule is Cc1cc(=O)c(C(=O)Nc2nc(CN3C[C@@H](C)O[C@@H](C)C3)cs2)nn1-c1ccc(Cl)cc1. The van der Waals surface area contributed by atoms with Crippen LogP contribution in [0.2, 0.25) is 5.02 Å². The minimum atomic E-state index is -0.591. The summed E-state index contributed by atoms with van der Waals surface area (Å²) in [7, 11) is 0. The zero-order valence-electron chi connectivity index (χ0n) is 18.0. The molecule has 8 nitrogen and oxygen atoms in total. The Kier molecular flexibility index (Phi) is 6.71. The van der Waals surface area contributed by atoms with Gasteiger partial charge in [-0.1, -0.05) is 11.6 Å². The first-order valence-electron chi connectivity index (χ1n) is 10.3. The van der Waals surface area contributed by atoms with Crippen molar-refractivity contribution >= 4 is 34.0 Å². The summed E-state index contributed by atoms with van der Waals surface area (Å²) >= 11 is 7.28. The molecule has 1 N–H and O–H groups in total. The fourth-order valence-corrected chi connectivity index (χ4v) is 4.61. The van der Waals surface area contributed by atoms with Crippen molar-refractivity contribution in [2.75, 3.05) is 18.4 Å². The van der Waals surface area contributed by atoms with Crippen LogP contribution in [0.1, 0.15) is 35.7 Å². The van der Waals surface area contributed by atoms with Gasteiger partial charge in [0.15, 0.2) is 10.8 Å². The number of thiazole rings is 1. The zero-order chi connectivity index (χ0) is 22.8. The summed E-state index contributed by atoms with van der Waals surface area (Å²) in [5, 5.41) is 9.93. The lowest BCUT2D eigenvalue weighted by Gasteiger charge is -2.34. The maximum atomic E-state index is 12.8. The molecule has 4 rings (SSSR count). The number of nitrogens with zero attached hydrogens (tertiary/aromatic N) is 4. The van der Waals surface area contributed by atoms with Crippen LogP contribution in [-0.4, -0.2) is 50.9 Å². The van der Waals surface area contributed by atoms with Crippen LogP contribution in [0.25, 0.3) is 5.69 Å². The van der Waals surface area contributed by atoms with Crippen LogP contribution in [0.15, 0.2) is 40.5 Å². The third-order valence-electron chi connectivity index (χ3n) is 5.05. The summed E-state index contributed by atoms with van der Waals surface area (Å²) in [5.41, 5.74) is 1.53. The van der Waals surface area contributed by atoms with Crippen molar-refractivity contribution in [3.8, 4) is 5.69 Å². The average Bonchev–Trinajstić information content (AvgIpc) is 3.14. The van der Waals surface area contributed by atoms with Crippen molar-refractivity contribution in [3.63, 3.8) is 0 Å². The van der Waals surface area contributed by atoms with Gasteiger partial charge in [0.05, 0.1) is 23.6 Å². The first kappa shape index (κ1) is 22.6. The predicted molar refractivity (Wildman–Crippen MR) is 125 cm³/mol. The highest BCUT2D eigenvalue weighted by Crippen LogP contribution is 2.20. The molecule has 0 saturated carbocycles. The molecule has 0 bridgehead atoms. The van der Waals surface area contributed by atoms with E-state index >= 15 is 0 Å². The standard InChI is InChI=1S/C22H24ClN5O3S/c1-13-8-19(29)20(26-28(13)18-6-4-16(23)5-7-18)21(30)25-22-24-17(12-32-22)11-27-9-14(2)31-15(3)10-27/h4-8,12,14-15H,9-11H2,1-3H3,(H,24,25,30)/t14-,15+. The van der Waals surface area contributed by atoms with E-state index in [1.807, 2.05) is 5.38 Å². The van der Waals surface area contributed by atoms with E-state index in [0.717, 1.165) is 18.8 Å². The molecule has 0 radical (unpaired) electrons. The number of aryl methyl sites for hydroxylation is 1. The van der Waals surface area contributed by atoms with Gasteiger partial charge in [0.25, 0.3) is 5.91 Å². The largest absolute Gasteiger partial charge is 0.373 e. The van der Waals surface area contributed by atoms with Crippen molar-refractivity contribution in [2.45, 2.75) is 39.5 Å². The molecule has 1 saturated heterocycles. The quantitative estimate of drug-likeness (QED) is 0.610. The fourth-order valence-electron chi connectivity index (χ4n) is 3.78. The number of carbonyl (C=O) groups excluding carboxylic acids is 1. The molecule has 3 aromatic rings. The van der Waals surface area contributed by atoms with Gasteiger partial charge in [0, 0.05) is 41.8 Å². The fraction of sp³-hybridized carbons (Fsp3) is 0.364. The third-order valence-corrected chi connectivity index (χ3v) is 6.11. The van der Waals surface area contributed by atoms with Crippen molar-refractivity contribution in [2.24, 2.45) is 0 Å². The van der Waals surface area contributed by atoms with Crippen molar-refractivity contribution < 1.29 is 9.53 Å². The van der Waals surface area contributed by atoms with Gasteiger partial charge in [0.1, 0.15) is 0 Å². The number of ether oxygens (including phenoxy) is 1. The molecular weight excluding hydrogens is 450 g/mol. The number of carbonyl (C=O) groups is 1. The van der Waals surface area contributed by atoms with Crippen molar-refractivity contribution in [1.82, 2.24) is 19.7 Å². The van der Waals surface area contributed by atoms with E-state index in [2.05, 4.69) is 34.1 Å². The maximum Gasteiger partial charge on any atom is 0.281 e. The van der Waals surface area contributed by atoms with Crippen molar-refractivity contribution in [3.05, 3.63) is 68.0 Å². The minimum Gasteiger partial charge on any atom is -0.373 e. The molecule has 0 aliphatic carbocycles. The van der Waals surface area contributed by atoms with E-state index in [4.69, 9.17) is 16.3 Å². The van der Waals surface area contributed by atoms with E-state index in [9.17, 15) is 9.59 Å². The van der Waals surface area contributed by atoms with Gasteiger partial charge in [-0.05, 0) is 45.0 Å². The number of hydrogen-bond donors (Lipinski definition) is 1. The Morgan fingerprint density at radius 2 is 1.94 bits per heavy atom. The molecule has 0 spiro atoms. The molecule has 1 aliphatic heterocycles. The molecule has 0 unspecified atom stereocenters. The molecule has 1 aromatic carbocycles. The van der Waals surface area contributed by atoms with Gasteiger partial charge in [0.2, 0.25) is 5.43 Å². The van der Waals surface area contributed by atoms with Crippen LogP contribution < -0.4 is 10.7 Å². The van der Waals surface area contributed by atoms with Gasteiger partial charge in [-0.15, -0.1) is 11.3 Å².